The van der Waals surface area contributed by atoms with E-state index in [1.165, 1.54) is 0 Å². The minimum absolute atomic E-state index is 0.0981. The molecule has 6 heteroatoms. The second-order valence-corrected chi connectivity index (χ2v) is 8.90. The quantitative estimate of drug-likeness (QED) is 0.715. The number of pyridine rings is 1. The average molecular weight is 377 g/mol. The molecule has 0 radical (unpaired) electrons. The molecule has 1 aromatic heterocycles. The third-order valence-corrected chi connectivity index (χ3v) is 7.08. The molecule has 0 bridgehead atoms. The number of ether oxygens (including phenoxy) is 2. The van der Waals surface area contributed by atoms with E-state index < -0.39 is 0 Å². The number of likely N-dealkylation sites (tertiary alicyclic amines) is 1. The van der Waals surface area contributed by atoms with Crippen molar-refractivity contribution in [3.8, 4) is 0 Å². The van der Waals surface area contributed by atoms with Crippen molar-refractivity contribution in [1.82, 2.24) is 9.88 Å². The van der Waals surface area contributed by atoms with Gasteiger partial charge < -0.3 is 14.4 Å². The third-order valence-electron chi connectivity index (χ3n) is 6.03. The van der Waals surface area contributed by atoms with Crippen molar-refractivity contribution < 1.29 is 14.3 Å². The second-order valence-electron chi connectivity index (χ2n) is 7.68. The van der Waals surface area contributed by atoms with Crippen molar-refractivity contribution >= 4 is 17.7 Å². The lowest BCUT2D eigenvalue weighted by atomic mass is 9.78. The largest absolute Gasteiger partial charge is 0.377 e. The fourth-order valence-electron chi connectivity index (χ4n) is 4.40. The Morgan fingerprint density at radius 2 is 2.04 bits per heavy atom. The van der Waals surface area contributed by atoms with Gasteiger partial charge in [0.2, 0.25) is 5.91 Å². The van der Waals surface area contributed by atoms with Gasteiger partial charge in [-0.1, -0.05) is 0 Å². The lowest BCUT2D eigenvalue weighted by Gasteiger charge is -2.51. The van der Waals surface area contributed by atoms with Crippen LogP contribution in [0.3, 0.4) is 0 Å². The molecule has 4 rings (SSSR count). The molecule has 1 spiro atoms. The minimum Gasteiger partial charge on any atom is -0.377 e. The van der Waals surface area contributed by atoms with Gasteiger partial charge in [-0.05, 0) is 60.8 Å². The zero-order valence-corrected chi connectivity index (χ0v) is 16.1. The Bertz CT molecular complexity index is 600. The zero-order valence-electron chi connectivity index (χ0n) is 15.3. The van der Waals surface area contributed by atoms with Gasteiger partial charge in [-0.2, -0.15) is 11.8 Å². The van der Waals surface area contributed by atoms with Crippen LogP contribution >= 0.6 is 11.8 Å². The first-order valence-electron chi connectivity index (χ1n) is 9.74. The van der Waals surface area contributed by atoms with Crippen LogP contribution in [0.1, 0.15) is 31.2 Å². The summed E-state index contributed by atoms with van der Waals surface area (Å²) in [7, 11) is 0. The summed E-state index contributed by atoms with van der Waals surface area (Å²) in [4.78, 5) is 18.7. The molecule has 3 fully saturated rings. The Morgan fingerprint density at radius 3 is 2.81 bits per heavy atom. The topological polar surface area (TPSA) is 51.7 Å². The normalized spacial score (nSPS) is 25.4. The molecule has 3 aliphatic heterocycles. The van der Waals surface area contributed by atoms with Crippen LogP contribution in [0.5, 0.6) is 0 Å². The number of thioether (sulfide) groups is 1. The maximum Gasteiger partial charge on any atom is 0.225 e. The van der Waals surface area contributed by atoms with Crippen molar-refractivity contribution in [2.45, 2.75) is 37.9 Å². The van der Waals surface area contributed by atoms with Gasteiger partial charge in [0.05, 0.1) is 19.7 Å². The van der Waals surface area contributed by atoms with E-state index in [9.17, 15) is 4.79 Å². The summed E-state index contributed by atoms with van der Waals surface area (Å²) in [5.74, 6) is 3.37. The van der Waals surface area contributed by atoms with Gasteiger partial charge in [-0.3, -0.25) is 9.78 Å². The predicted octanol–water partition coefficient (Wildman–Crippen LogP) is 2.75. The van der Waals surface area contributed by atoms with E-state index in [1.54, 1.807) is 12.4 Å². The summed E-state index contributed by atoms with van der Waals surface area (Å²) in [6, 6.07) is 3.97. The highest BCUT2D eigenvalue weighted by atomic mass is 32.2. The van der Waals surface area contributed by atoms with Crippen LogP contribution in [0, 0.1) is 11.8 Å². The highest BCUT2D eigenvalue weighted by molar-refractivity contribution is 7.99. The molecule has 4 heterocycles. The molecule has 0 saturated carbocycles. The Kier molecular flexibility index (Phi) is 5.81. The maximum absolute atomic E-state index is 12.7. The van der Waals surface area contributed by atoms with Crippen LogP contribution in [-0.4, -0.2) is 59.2 Å². The maximum atomic E-state index is 12.7. The minimum atomic E-state index is -0.0981. The number of hydrogen-bond acceptors (Lipinski definition) is 5. The smallest absolute Gasteiger partial charge is 0.225 e. The first-order valence-corrected chi connectivity index (χ1v) is 10.9. The van der Waals surface area contributed by atoms with Crippen LogP contribution in [0.15, 0.2) is 24.5 Å². The molecular formula is C20H28N2O3S. The van der Waals surface area contributed by atoms with E-state index >= 15 is 0 Å². The van der Waals surface area contributed by atoms with Crippen LogP contribution < -0.4 is 0 Å². The summed E-state index contributed by atoms with van der Waals surface area (Å²) >= 11 is 1.97. The third kappa shape index (κ3) is 3.92. The van der Waals surface area contributed by atoms with E-state index in [4.69, 9.17) is 9.47 Å². The Hall–Kier alpha value is -1.11. The van der Waals surface area contributed by atoms with Crippen molar-refractivity contribution in [2.75, 3.05) is 37.8 Å². The summed E-state index contributed by atoms with van der Waals surface area (Å²) in [6.45, 7) is 3.76. The summed E-state index contributed by atoms with van der Waals surface area (Å²) in [5, 5.41) is 0. The molecule has 0 aromatic carbocycles. The van der Waals surface area contributed by atoms with Crippen LogP contribution in [0.2, 0.25) is 0 Å². The monoisotopic (exact) mass is 376 g/mol. The Morgan fingerprint density at radius 1 is 1.27 bits per heavy atom. The molecule has 142 valence electrons. The van der Waals surface area contributed by atoms with E-state index in [0.29, 0.717) is 18.4 Å². The standard InChI is InChI=1S/C20H28N2O3S/c23-19(17-5-11-26-12-6-17)22-14-20(15-22)18(4-10-25-20)3-9-24-13-16-1-7-21-8-2-16/h1-2,7-8,17-18H,3-6,9-15H2. The lowest BCUT2D eigenvalue weighted by Crippen LogP contribution is -2.67. The average Bonchev–Trinajstić information content (AvgIpc) is 3.09. The molecule has 1 unspecified atom stereocenters. The zero-order chi connectivity index (χ0) is 17.8. The first-order chi connectivity index (χ1) is 12.8. The number of rotatable bonds is 6. The van der Waals surface area contributed by atoms with Crippen LogP contribution in [-0.2, 0) is 20.9 Å². The molecule has 5 nitrogen and oxygen atoms in total. The fraction of sp³-hybridized carbons (Fsp3) is 0.700. The van der Waals surface area contributed by atoms with Crippen molar-refractivity contribution in [3.63, 3.8) is 0 Å². The number of carbonyl (C=O) groups excluding carboxylic acids is 1. The van der Waals surface area contributed by atoms with E-state index in [0.717, 1.165) is 69.1 Å². The van der Waals surface area contributed by atoms with Crippen molar-refractivity contribution in [1.29, 1.82) is 0 Å². The van der Waals surface area contributed by atoms with E-state index in [-0.39, 0.29) is 11.5 Å². The van der Waals surface area contributed by atoms with E-state index in [2.05, 4.69) is 4.98 Å². The van der Waals surface area contributed by atoms with Gasteiger partial charge in [0.25, 0.3) is 0 Å². The molecule has 0 aliphatic carbocycles. The fourth-order valence-corrected chi connectivity index (χ4v) is 5.50. The van der Waals surface area contributed by atoms with Gasteiger partial charge in [0.15, 0.2) is 0 Å². The number of carbonyl (C=O) groups is 1. The lowest BCUT2D eigenvalue weighted by molar-refractivity contribution is -0.170. The SMILES string of the molecule is O=C(C1CCSCC1)N1CC2(C1)OCCC2CCOCc1ccncc1. The Labute approximate surface area is 159 Å². The molecule has 1 amide bonds. The van der Waals surface area contributed by atoms with Gasteiger partial charge >= 0.3 is 0 Å². The molecule has 0 N–H and O–H groups in total. The van der Waals surface area contributed by atoms with Gasteiger partial charge in [0.1, 0.15) is 5.60 Å². The highest BCUT2D eigenvalue weighted by Crippen LogP contribution is 2.42. The van der Waals surface area contributed by atoms with Crippen molar-refractivity contribution in [2.24, 2.45) is 11.8 Å². The van der Waals surface area contributed by atoms with Crippen LogP contribution in [0.25, 0.3) is 0 Å². The number of amides is 1. The van der Waals surface area contributed by atoms with Gasteiger partial charge in [-0.25, -0.2) is 0 Å². The van der Waals surface area contributed by atoms with Crippen molar-refractivity contribution in [3.05, 3.63) is 30.1 Å². The summed E-state index contributed by atoms with van der Waals surface area (Å²) < 4.78 is 12.0. The molecule has 3 aliphatic rings. The Balaban J connectivity index is 1.22. The molecule has 26 heavy (non-hydrogen) atoms. The number of nitrogens with zero attached hydrogens (tertiary/aromatic N) is 2. The molecule has 1 aromatic rings. The highest BCUT2D eigenvalue weighted by Gasteiger charge is 2.54. The molecule has 3 saturated heterocycles. The van der Waals surface area contributed by atoms with E-state index in [1.807, 2.05) is 28.8 Å². The summed E-state index contributed by atoms with van der Waals surface area (Å²) in [6.07, 6.45) is 7.76. The number of aromatic nitrogens is 1. The number of hydrogen-bond donors (Lipinski definition) is 0. The van der Waals surface area contributed by atoms with Gasteiger partial charge in [-0.15, -0.1) is 0 Å². The van der Waals surface area contributed by atoms with Gasteiger partial charge in [0, 0.05) is 31.5 Å². The molecule has 1 atom stereocenters. The molecular weight excluding hydrogens is 348 g/mol. The summed E-state index contributed by atoms with van der Waals surface area (Å²) in [5.41, 5.74) is 1.06. The predicted molar refractivity (Wildman–Crippen MR) is 102 cm³/mol. The second kappa shape index (κ2) is 8.28. The van der Waals surface area contributed by atoms with Crippen LogP contribution in [0.4, 0.5) is 0 Å². The first kappa shape index (κ1) is 18.3.